The third-order valence-corrected chi connectivity index (χ3v) is 3.48. The smallest absolute Gasteiger partial charge is 0.127 e. The van der Waals surface area contributed by atoms with Crippen LogP contribution in [-0.4, -0.2) is 6.54 Å². The Morgan fingerprint density at radius 1 is 1.12 bits per heavy atom. The number of hydrogen-bond donors (Lipinski definition) is 1. The predicted molar refractivity (Wildman–Crippen MR) is 64.6 cm³/mol. The van der Waals surface area contributed by atoms with E-state index >= 15 is 0 Å². The van der Waals surface area contributed by atoms with Crippen LogP contribution in [0.4, 0.5) is 8.78 Å². The van der Waals surface area contributed by atoms with E-state index in [2.05, 4.69) is 5.32 Å². The van der Waals surface area contributed by atoms with E-state index in [4.69, 9.17) is 0 Å². The number of benzene rings is 1. The molecule has 2 rings (SSSR count). The van der Waals surface area contributed by atoms with Crippen LogP contribution in [0.3, 0.4) is 0 Å². The maximum atomic E-state index is 13.3. The Morgan fingerprint density at radius 3 is 2.65 bits per heavy atom. The van der Waals surface area contributed by atoms with Gasteiger partial charge in [0.1, 0.15) is 11.6 Å². The quantitative estimate of drug-likeness (QED) is 0.846. The van der Waals surface area contributed by atoms with Gasteiger partial charge in [-0.3, -0.25) is 0 Å². The summed E-state index contributed by atoms with van der Waals surface area (Å²) in [6.45, 7) is 1.33. The molecule has 0 saturated heterocycles. The van der Waals surface area contributed by atoms with Crippen molar-refractivity contribution in [1.29, 1.82) is 0 Å². The standard InChI is InChI=1S/C14H19F2N/c15-13-6-7-14(16)12(8-13)10-17-9-11-4-2-1-3-5-11/h6-8,11,17H,1-5,9-10H2. The lowest BCUT2D eigenvalue weighted by Crippen LogP contribution is -2.24. The van der Waals surface area contributed by atoms with Crippen LogP contribution in [0.15, 0.2) is 18.2 Å². The molecule has 17 heavy (non-hydrogen) atoms. The number of nitrogens with one attached hydrogen (secondary N) is 1. The van der Waals surface area contributed by atoms with E-state index in [0.717, 1.165) is 12.6 Å². The van der Waals surface area contributed by atoms with E-state index in [1.807, 2.05) is 0 Å². The van der Waals surface area contributed by atoms with Crippen molar-refractivity contribution in [2.45, 2.75) is 38.6 Å². The van der Waals surface area contributed by atoms with E-state index in [1.54, 1.807) is 0 Å². The van der Waals surface area contributed by atoms with Gasteiger partial charge in [-0.2, -0.15) is 0 Å². The minimum atomic E-state index is -0.374. The van der Waals surface area contributed by atoms with Gasteiger partial charge in [0.15, 0.2) is 0 Å². The normalized spacial score (nSPS) is 17.3. The molecule has 3 heteroatoms. The molecule has 1 aromatic carbocycles. The van der Waals surface area contributed by atoms with Crippen LogP contribution in [0.25, 0.3) is 0 Å². The van der Waals surface area contributed by atoms with Crippen molar-refractivity contribution in [2.75, 3.05) is 6.54 Å². The first-order chi connectivity index (χ1) is 8.25. The summed E-state index contributed by atoms with van der Waals surface area (Å²) < 4.78 is 26.3. The Bertz CT molecular complexity index is 359. The molecule has 94 valence electrons. The van der Waals surface area contributed by atoms with Gasteiger partial charge in [0, 0.05) is 12.1 Å². The number of rotatable bonds is 4. The molecule has 1 saturated carbocycles. The molecular weight excluding hydrogens is 220 g/mol. The van der Waals surface area contributed by atoms with Crippen molar-refractivity contribution in [1.82, 2.24) is 5.32 Å². The summed E-state index contributed by atoms with van der Waals surface area (Å²) in [4.78, 5) is 0. The van der Waals surface area contributed by atoms with Crippen LogP contribution < -0.4 is 5.32 Å². The average molecular weight is 239 g/mol. The van der Waals surface area contributed by atoms with Crippen LogP contribution in [0.2, 0.25) is 0 Å². The molecule has 0 aliphatic heterocycles. The molecule has 0 amide bonds. The van der Waals surface area contributed by atoms with Gasteiger partial charge in [-0.15, -0.1) is 0 Å². The largest absolute Gasteiger partial charge is 0.312 e. The first kappa shape index (κ1) is 12.5. The van der Waals surface area contributed by atoms with Crippen LogP contribution in [0, 0.1) is 17.6 Å². The van der Waals surface area contributed by atoms with Crippen molar-refractivity contribution in [3.63, 3.8) is 0 Å². The van der Waals surface area contributed by atoms with E-state index < -0.39 is 0 Å². The highest BCUT2D eigenvalue weighted by Gasteiger charge is 2.13. The lowest BCUT2D eigenvalue weighted by molar-refractivity contribution is 0.341. The highest BCUT2D eigenvalue weighted by Crippen LogP contribution is 2.22. The van der Waals surface area contributed by atoms with Crippen LogP contribution in [-0.2, 0) is 6.54 Å². The molecule has 0 radical (unpaired) electrons. The van der Waals surface area contributed by atoms with Crippen LogP contribution in [0.5, 0.6) is 0 Å². The zero-order chi connectivity index (χ0) is 12.1. The second-order valence-electron chi connectivity index (χ2n) is 4.87. The van der Waals surface area contributed by atoms with Gasteiger partial charge >= 0.3 is 0 Å². The van der Waals surface area contributed by atoms with E-state index in [1.165, 1.54) is 44.2 Å². The molecule has 1 aliphatic carbocycles. The topological polar surface area (TPSA) is 12.0 Å². The molecule has 0 bridgehead atoms. The van der Waals surface area contributed by atoms with Gasteiger partial charge in [0.2, 0.25) is 0 Å². The Kier molecular flexibility index (Phi) is 4.49. The minimum absolute atomic E-state index is 0.331. The third-order valence-electron chi connectivity index (χ3n) is 3.48. The molecule has 1 fully saturated rings. The molecule has 0 heterocycles. The summed E-state index contributed by atoms with van der Waals surface area (Å²) in [7, 11) is 0. The Hall–Kier alpha value is -0.960. The lowest BCUT2D eigenvalue weighted by atomic mass is 9.89. The monoisotopic (exact) mass is 239 g/mol. The Balaban J connectivity index is 1.79. The van der Waals surface area contributed by atoms with Gasteiger partial charge in [0.05, 0.1) is 0 Å². The summed E-state index contributed by atoms with van der Waals surface area (Å²) in [6, 6.07) is 3.61. The van der Waals surface area contributed by atoms with Crippen molar-refractivity contribution in [2.24, 2.45) is 5.92 Å². The average Bonchev–Trinajstić information content (AvgIpc) is 2.35. The second kappa shape index (κ2) is 6.10. The summed E-state index contributed by atoms with van der Waals surface area (Å²) >= 11 is 0. The second-order valence-corrected chi connectivity index (χ2v) is 4.87. The lowest BCUT2D eigenvalue weighted by Gasteiger charge is -2.21. The summed E-state index contributed by atoms with van der Waals surface area (Å²) in [5.74, 6) is 0.00350. The zero-order valence-electron chi connectivity index (χ0n) is 10.0. The first-order valence-electron chi connectivity index (χ1n) is 6.40. The van der Waals surface area contributed by atoms with Crippen molar-refractivity contribution >= 4 is 0 Å². The summed E-state index contributed by atoms with van der Waals surface area (Å²) in [6.07, 6.45) is 6.48. The van der Waals surface area contributed by atoms with Gasteiger partial charge in [-0.05, 0) is 43.5 Å². The fourth-order valence-corrected chi connectivity index (χ4v) is 2.48. The molecule has 0 aromatic heterocycles. The van der Waals surface area contributed by atoms with E-state index in [-0.39, 0.29) is 11.6 Å². The Labute approximate surface area is 101 Å². The Morgan fingerprint density at radius 2 is 1.88 bits per heavy atom. The number of hydrogen-bond acceptors (Lipinski definition) is 1. The maximum Gasteiger partial charge on any atom is 0.127 e. The molecule has 0 unspecified atom stereocenters. The highest BCUT2D eigenvalue weighted by atomic mass is 19.1. The molecule has 0 spiro atoms. The van der Waals surface area contributed by atoms with Gasteiger partial charge < -0.3 is 5.32 Å². The summed E-state index contributed by atoms with van der Waals surface area (Å²) in [5.41, 5.74) is 0.417. The minimum Gasteiger partial charge on any atom is -0.312 e. The van der Waals surface area contributed by atoms with Gasteiger partial charge in [-0.1, -0.05) is 19.3 Å². The van der Waals surface area contributed by atoms with Crippen LogP contribution >= 0.6 is 0 Å². The maximum absolute atomic E-state index is 13.3. The molecule has 0 atom stereocenters. The zero-order valence-corrected chi connectivity index (χ0v) is 10.0. The van der Waals surface area contributed by atoms with Gasteiger partial charge in [0.25, 0.3) is 0 Å². The van der Waals surface area contributed by atoms with E-state index in [0.29, 0.717) is 18.0 Å². The van der Waals surface area contributed by atoms with Gasteiger partial charge in [-0.25, -0.2) is 8.78 Å². The highest BCUT2D eigenvalue weighted by molar-refractivity contribution is 5.18. The predicted octanol–water partition coefficient (Wildman–Crippen LogP) is 3.63. The summed E-state index contributed by atoms with van der Waals surface area (Å²) in [5, 5.41) is 3.23. The number of halogens is 2. The first-order valence-corrected chi connectivity index (χ1v) is 6.40. The fraction of sp³-hybridized carbons (Fsp3) is 0.571. The van der Waals surface area contributed by atoms with Crippen molar-refractivity contribution in [3.05, 3.63) is 35.4 Å². The fourth-order valence-electron chi connectivity index (χ4n) is 2.48. The van der Waals surface area contributed by atoms with E-state index in [9.17, 15) is 8.78 Å². The molecule has 1 aliphatic rings. The molecular formula is C14H19F2N. The molecule has 1 nitrogen and oxygen atoms in total. The SMILES string of the molecule is Fc1ccc(F)c(CNCC2CCCCC2)c1. The van der Waals surface area contributed by atoms with Crippen LogP contribution in [0.1, 0.15) is 37.7 Å². The van der Waals surface area contributed by atoms with Crippen molar-refractivity contribution in [3.8, 4) is 0 Å². The molecule has 1 aromatic rings. The third kappa shape index (κ3) is 3.77. The van der Waals surface area contributed by atoms with Crippen molar-refractivity contribution < 1.29 is 8.78 Å². The molecule has 1 N–H and O–H groups in total.